The van der Waals surface area contributed by atoms with Crippen molar-refractivity contribution in [2.75, 3.05) is 6.61 Å². The van der Waals surface area contributed by atoms with Crippen LogP contribution in [-0.4, -0.2) is 17.5 Å². The minimum Gasteiger partial charge on any atom is -0.388 e. The fraction of sp³-hybridized carbons (Fsp3) is 0.462. The zero-order valence-corrected chi connectivity index (χ0v) is 9.58. The molecule has 2 heteroatoms. The Balaban J connectivity index is 3.10. The summed E-state index contributed by atoms with van der Waals surface area (Å²) in [6, 6.07) is 5.91. The number of hydrogen-bond donors (Lipinski definition) is 1. The van der Waals surface area contributed by atoms with Crippen LogP contribution in [0.3, 0.4) is 0 Å². The number of benzene rings is 1. The largest absolute Gasteiger partial charge is 0.388 e. The number of Topliss-reactive ketones (excluding diaryl/α,β-unsaturated/α-hetero) is 1. The lowest BCUT2D eigenvalue weighted by atomic mass is 9.93. The number of rotatable bonds is 4. The summed E-state index contributed by atoms with van der Waals surface area (Å²) < 4.78 is 0. The van der Waals surface area contributed by atoms with E-state index < -0.39 is 6.61 Å². The van der Waals surface area contributed by atoms with Crippen molar-refractivity contribution in [3.63, 3.8) is 0 Å². The van der Waals surface area contributed by atoms with Crippen LogP contribution in [0.15, 0.2) is 18.2 Å². The topological polar surface area (TPSA) is 37.3 Å². The molecule has 0 fully saturated rings. The summed E-state index contributed by atoms with van der Waals surface area (Å²) in [7, 11) is 0. The quantitative estimate of drug-likeness (QED) is 0.769. The van der Waals surface area contributed by atoms with Gasteiger partial charge in [-0.2, -0.15) is 0 Å². The van der Waals surface area contributed by atoms with Gasteiger partial charge in [-0.15, -0.1) is 0 Å². The summed E-state index contributed by atoms with van der Waals surface area (Å²) in [5.74, 6) is 0.258. The summed E-state index contributed by atoms with van der Waals surface area (Å²) in [4.78, 5) is 11.4. The van der Waals surface area contributed by atoms with Gasteiger partial charge in [0.15, 0.2) is 5.78 Å². The Morgan fingerprint density at radius 2 is 2.13 bits per heavy atom. The SMILES string of the molecule is CCC(C)c1ccc(C)c(C(=O)CO)c1. The Hall–Kier alpha value is -1.15. The molecule has 1 aromatic rings. The molecule has 0 radical (unpaired) electrons. The first-order chi connectivity index (χ1) is 7.10. The zero-order valence-electron chi connectivity index (χ0n) is 9.58. The zero-order chi connectivity index (χ0) is 11.4. The van der Waals surface area contributed by atoms with Gasteiger partial charge in [0.1, 0.15) is 6.61 Å². The third-order valence-electron chi connectivity index (χ3n) is 2.89. The first kappa shape index (κ1) is 11.9. The van der Waals surface area contributed by atoms with Crippen molar-refractivity contribution in [3.8, 4) is 0 Å². The third kappa shape index (κ3) is 2.66. The van der Waals surface area contributed by atoms with Gasteiger partial charge >= 0.3 is 0 Å². The highest BCUT2D eigenvalue weighted by Crippen LogP contribution is 2.21. The fourth-order valence-electron chi connectivity index (χ4n) is 1.57. The molecular weight excluding hydrogens is 188 g/mol. The van der Waals surface area contributed by atoms with E-state index in [2.05, 4.69) is 19.9 Å². The lowest BCUT2D eigenvalue weighted by Crippen LogP contribution is -2.07. The highest BCUT2D eigenvalue weighted by atomic mass is 16.3. The summed E-state index contributed by atoms with van der Waals surface area (Å²) in [5.41, 5.74) is 2.75. The van der Waals surface area contributed by atoms with Gasteiger partial charge in [-0.05, 0) is 36.5 Å². The predicted molar refractivity (Wildman–Crippen MR) is 61.3 cm³/mol. The van der Waals surface area contributed by atoms with Crippen LogP contribution >= 0.6 is 0 Å². The first-order valence-corrected chi connectivity index (χ1v) is 5.34. The molecule has 1 N–H and O–H groups in total. The van der Waals surface area contributed by atoms with Crippen LogP contribution in [0.1, 0.15) is 47.7 Å². The molecule has 0 amide bonds. The van der Waals surface area contributed by atoms with Crippen LogP contribution in [0.2, 0.25) is 0 Å². The molecule has 0 saturated carbocycles. The molecule has 1 rings (SSSR count). The van der Waals surface area contributed by atoms with Gasteiger partial charge in [0.2, 0.25) is 0 Å². The Kier molecular flexibility index (Phi) is 4.04. The van der Waals surface area contributed by atoms with Gasteiger partial charge in [0.25, 0.3) is 0 Å². The van der Waals surface area contributed by atoms with Crippen molar-refractivity contribution in [1.82, 2.24) is 0 Å². The van der Waals surface area contributed by atoms with E-state index in [-0.39, 0.29) is 5.78 Å². The van der Waals surface area contributed by atoms with Gasteiger partial charge in [-0.25, -0.2) is 0 Å². The molecule has 1 unspecified atom stereocenters. The maximum atomic E-state index is 11.4. The maximum absolute atomic E-state index is 11.4. The number of ketones is 1. The van der Waals surface area contributed by atoms with Crippen molar-refractivity contribution in [2.24, 2.45) is 0 Å². The Bertz CT molecular complexity index is 356. The molecule has 0 saturated heterocycles. The number of hydrogen-bond acceptors (Lipinski definition) is 2. The van der Waals surface area contributed by atoms with Crippen LogP contribution in [-0.2, 0) is 0 Å². The molecule has 2 nitrogen and oxygen atoms in total. The second-order valence-corrected chi connectivity index (χ2v) is 3.96. The summed E-state index contributed by atoms with van der Waals surface area (Å²) in [6.07, 6.45) is 1.05. The molecular formula is C13H18O2. The van der Waals surface area contributed by atoms with Crippen LogP contribution < -0.4 is 0 Å². The van der Waals surface area contributed by atoms with Crippen molar-refractivity contribution >= 4 is 5.78 Å². The van der Waals surface area contributed by atoms with Crippen molar-refractivity contribution < 1.29 is 9.90 Å². The second-order valence-electron chi connectivity index (χ2n) is 3.96. The fourth-order valence-corrected chi connectivity index (χ4v) is 1.57. The van der Waals surface area contributed by atoms with Crippen LogP contribution in [0, 0.1) is 6.92 Å². The van der Waals surface area contributed by atoms with E-state index in [1.807, 2.05) is 19.1 Å². The van der Waals surface area contributed by atoms with E-state index in [4.69, 9.17) is 5.11 Å². The average molecular weight is 206 g/mol. The Morgan fingerprint density at radius 3 is 2.67 bits per heavy atom. The molecule has 0 aliphatic carbocycles. The van der Waals surface area contributed by atoms with Crippen LogP contribution in [0.25, 0.3) is 0 Å². The predicted octanol–water partition coefficient (Wildman–Crippen LogP) is 2.68. The second kappa shape index (κ2) is 5.08. The molecule has 1 atom stereocenters. The van der Waals surface area contributed by atoms with Crippen LogP contribution in [0.4, 0.5) is 0 Å². The standard InChI is InChI=1S/C13H18O2/c1-4-9(2)11-6-5-10(3)12(7-11)13(15)8-14/h5-7,9,14H,4,8H2,1-3H3. The summed E-state index contributed by atoms with van der Waals surface area (Å²) >= 11 is 0. The third-order valence-corrected chi connectivity index (χ3v) is 2.89. The van der Waals surface area contributed by atoms with Gasteiger partial charge in [-0.1, -0.05) is 26.0 Å². The van der Waals surface area contributed by atoms with Gasteiger partial charge in [0, 0.05) is 5.56 Å². The lowest BCUT2D eigenvalue weighted by Gasteiger charge is -2.11. The first-order valence-electron chi connectivity index (χ1n) is 5.34. The van der Waals surface area contributed by atoms with E-state index in [0.717, 1.165) is 12.0 Å². The highest BCUT2D eigenvalue weighted by molar-refractivity contribution is 5.98. The Labute approximate surface area is 90.9 Å². The normalized spacial score (nSPS) is 12.5. The van der Waals surface area contributed by atoms with Crippen molar-refractivity contribution in [3.05, 3.63) is 34.9 Å². The van der Waals surface area contributed by atoms with Crippen molar-refractivity contribution in [2.45, 2.75) is 33.1 Å². The molecule has 15 heavy (non-hydrogen) atoms. The smallest absolute Gasteiger partial charge is 0.188 e. The number of carbonyl (C=O) groups is 1. The monoisotopic (exact) mass is 206 g/mol. The molecule has 0 aliphatic rings. The molecule has 1 aromatic carbocycles. The van der Waals surface area contributed by atoms with Gasteiger partial charge < -0.3 is 5.11 Å². The minimum atomic E-state index is -0.412. The highest BCUT2D eigenvalue weighted by Gasteiger charge is 2.10. The average Bonchev–Trinajstić information content (AvgIpc) is 2.27. The van der Waals surface area contributed by atoms with Gasteiger partial charge in [0.05, 0.1) is 0 Å². The van der Waals surface area contributed by atoms with E-state index in [0.29, 0.717) is 11.5 Å². The lowest BCUT2D eigenvalue weighted by molar-refractivity contribution is 0.0903. The van der Waals surface area contributed by atoms with Gasteiger partial charge in [-0.3, -0.25) is 4.79 Å². The molecule has 0 heterocycles. The van der Waals surface area contributed by atoms with Crippen LogP contribution in [0.5, 0.6) is 0 Å². The number of aryl methyl sites for hydroxylation is 1. The molecule has 0 aromatic heterocycles. The van der Waals surface area contributed by atoms with E-state index in [1.54, 1.807) is 0 Å². The molecule has 0 bridgehead atoms. The summed E-state index contributed by atoms with van der Waals surface area (Å²) in [6.45, 7) is 5.74. The number of aliphatic hydroxyl groups excluding tert-OH is 1. The molecule has 0 spiro atoms. The van der Waals surface area contributed by atoms with E-state index in [9.17, 15) is 4.79 Å². The minimum absolute atomic E-state index is 0.197. The molecule has 0 aliphatic heterocycles. The summed E-state index contributed by atoms with van der Waals surface area (Å²) in [5, 5.41) is 8.85. The number of aliphatic hydroxyl groups is 1. The van der Waals surface area contributed by atoms with E-state index >= 15 is 0 Å². The molecule has 82 valence electrons. The Morgan fingerprint density at radius 1 is 1.47 bits per heavy atom. The van der Waals surface area contributed by atoms with E-state index in [1.165, 1.54) is 5.56 Å². The number of carbonyl (C=O) groups excluding carboxylic acids is 1. The maximum Gasteiger partial charge on any atom is 0.188 e. The van der Waals surface area contributed by atoms with Crippen molar-refractivity contribution in [1.29, 1.82) is 0 Å².